The maximum Gasteiger partial charge on any atom is 0.200 e. The molecule has 102 valence electrons. The van der Waals surface area contributed by atoms with Crippen LogP contribution in [0, 0.1) is 11.6 Å². The standard InChI is InChI=1S/C12H10F2N6/c1-7(8-2-3-9(13)10(14)6-8)15-11-4-5-12-16-18-19-20(12)17-11/h2-7H,1H3,(H,15,17)/t7-/m1/s1. The van der Waals surface area contributed by atoms with Gasteiger partial charge in [0.05, 0.1) is 6.04 Å². The molecular weight excluding hydrogens is 266 g/mol. The Morgan fingerprint density at radius 2 is 2.00 bits per heavy atom. The van der Waals surface area contributed by atoms with Crippen LogP contribution in [0.15, 0.2) is 30.3 Å². The van der Waals surface area contributed by atoms with E-state index in [0.29, 0.717) is 17.0 Å². The molecule has 2 heterocycles. The minimum absolute atomic E-state index is 0.244. The number of tetrazole rings is 1. The Hall–Kier alpha value is -2.64. The molecule has 0 aliphatic rings. The molecule has 2 aromatic heterocycles. The molecule has 0 amide bonds. The number of halogens is 2. The molecule has 0 saturated carbocycles. The second kappa shape index (κ2) is 4.80. The minimum atomic E-state index is -0.875. The zero-order valence-electron chi connectivity index (χ0n) is 10.5. The van der Waals surface area contributed by atoms with E-state index in [1.54, 1.807) is 12.1 Å². The van der Waals surface area contributed by atoms with Crippen LogP contribution in [0.25, 0.3) is 5.65 Å². The Bertz CT molecular complexity index is 757. The number of fused-ring (bicyclic) bond motifs is 1. The van der Waals surface area contributed by atoms with E-state index in [4.69, 9.17) is 0 Å². The second-order valence-electron chi connectivity index (χ2n) is 4.28. The van der Waals surface area contributed by atoms with Gasteiger partial charge in [-0.2, -0.15) is 0 Å². The first-order valence-electron chi connectivity index (χ1n) is 5.90. The van der Waals surface area contributed by atoms with Gasteiger partial charge in [0.2, 0.25) is 0 Å². The van der Waals surface area contributed by atoms with Crippen LogP contribution >= 0.6 is 0 Å². The Morgan fingerprint density at radius 3 is 2.80 bits per heavy atom. The highest BCUT2D eigenvalue weighted by molar-refractivity contribution is 5.43. The largest absolute Gasteiger partial charge is 0.362 e. The lowest BCUT2D eigenvalue weighted by Gasteiger charge is -2.14. The normalized spacial score (nSPS) is 12.6. The van der Waals surface area contributed by atoms with Crippen LogP contribution in [0.5, 0.6) is 0 Å². The van der Waals surface area contributed by atoms with E-state index in [2.05, 4.69) is 25.9 Å². The van der Waals surface area contributed by atoms with Gasteiger partial charge in [0.1, 0.15) is 5.82 Å². The molecule has 0 spiro atoms. The summed E-state index contributed by atoms with van der Waals surface area (Å²) in [5.41, 5.74) is 1.14. The predicted molar refractivity (Wildman–Crippen MR) is 67.0 cm³/mol. The maximum absolute atomic E-state index is 13.2. The quantitative estimate of drug-likeness (QED) is 0.792. The molecule has 1 N–H and O–H groups in total. The molecule has 0 fully saturated rings. The van der Waals surface area contributed by atoms with E-state index >= 15 is 0 Å². The van der Waals surface area contributed by atoms with Crippen molar-refractivity contribution >= 4 is 11.5 Å². The SMILES string of the molecule is C[C@@H](Nc1ccc2nnnn2n1)c1ccc(F)c(F)c1. The molecule has 20 heavy (non-hydrogen) atoms. The van der Waals surface area contributed by atoms with Crippen molar-refractivity contribution in [2.24, 2.45) is 0 Å². The summed E-state index contributed by atoms with van der Waals surface area (Å²) in [6.07, 6.45) is 0. The van der Waals surface area contributed by atoms with E-state index in [0.717, 1.165) is 12.1 Å². The number of hydrogen-bond donors (Lipinski definition) is 1. The molecule has 0 bridgehead atoms. The Morgan fingerprint density at radius 1 is 1.15 bits per heavy atom. The Kier molecular flexibility index (Phi) is 2.97. The van der Waals surface area contributed by atoms with Crippen molar-refractivity contribution in [3.8, 4) is 0 Å². The summed E-state index contributed by atoms with van der Waals surface area (Å²) < 4.78 is 27.4. The van der Waals surface area contributed by atoms with Crippen LogP contribution in [0.1, 0.15) is 18.5 Å². The third-order valence-electron chi connectivity index (χ3n) is 2.88. The summed E-state index contributed by atoms with van der Waals surface area (Å²) in [6, 6.07) is 6.94. The van der Waals surface area contributed by atoms with Gasteiger partial charge in [-0.3, -0.25) is 0 Å². The van der Waals surface area contributed by atoms with Gasteiger partial charge in [-0.25, -0.2) is 8.78 Å². The second-order valence-corrected chi connectivity index (χ2v) is 4.28. The van der Waals surface area contributed by atoms with Gasteiger partial charge < -0.3 is 5.32 Å². The highest BCUT2D eigenvalue weighted by Crippen LogP contribution is 2.19. The number of rotatable bonds is 3. The Balaban J connectivity index is 1.83. The fourth-order valence-corrected chi connectivity index (χ4v) is 1.81. The van der Waals surface area contributed by atoms with E-state index in [1.165, 1.54) is 10.7 Å². The van der Waals surface area contributed by atoms with Crippen molar-refractivity contribution in [3.05, 3.63) is 47.5 Å². The molecule has 0 aliphatic carbocycles. The maximum atomic E-state index is 13.2. The van der Waals surface area contributed by atoms with Gasteiger partial charge in [0, 0.05) is 0 Å². The number of aromatic nitrogens is 5. The van der Waals surface area contributed by atoms with Crippen molar-refractivity contribution in [2.45, 2.75) is 13.0 Å². The smallest absolute Gasteiger partial charge is 0.200 e. The van der Waals surface area contributed by atoms with Crippen LogP contribution in [0.4, 0.5) is 14.6 Å². The topological polar surface area (TPSA) is 68.0 Å². The van der Waals surface area contributed by atoms with Crippen LogP contribution < -0.4 is 5.32 Å². The minimum Gasteiger partial charge on any atom is -0.362 e. The first-order chi connectivity index (χ1) is 9.63. The monoisotopic (exact) mass is 276 g/mol. The van der Waals surface area contributed by atoms with Gasteiger partial charge >= 0.3 is 0 Å². The fourth-order valence-electron chi connectivity index (χ4n) is 1.81. The summed E-state index contributed by atoms with van der Waals surface area (Å²) >= 11 is 0. The van der Waals surface area contributed by atoms with E-state index in [-0.39, 0.29) is 6.04 Å². The van der Waals surface area contributed by atoms with Gasteiger partial charge in [0.15, 0.2) is 17.3 Å². The van der Waals surface area contributed by atoms with Crippen LogP contribution in [-0.4, -0.2) is 25.3 Å². The van der Waals surface area contributed by atoms with Crippen molar-refractivity contribution < 1.29 is 8.78 Å². The van der Waals surface area contributed by atoms with Gasteiger partial charge in [-0.05, 0) is 47.2 Å². The predicted octanol–water partition coefficient (Wildman–Crippen LogP) is 1.97. The molecule has 1 atom stereocenters. The van der Waals surface area contributed by atoms with Gasteiger partial charge in [-0.1, -0.05) is 6.07 Å². The molecule has 3 aromatic rings. The fraction of sp³-hybridized carbons (Fsp3) is 0.167. The number of nitrogens with one attached hydrogen (secondary N) is 1. The van der Waals surface area contributed by atoms with Crippen molar-refractivity contribution in [1.82, 2.24) is 25.3 Å². The average molecular weight is 276 g/mol. The Labute approximate surface area is 112 Å². The molecule has 3 rings (SSSR count). The molecule has 0 saturated heterocycles. The number of benzene rings is 1. The number of nitrogens with zero attached hydrogens (tertiary/aromatic N) is 5. The van der Waals surface area contributed by atoms with E-state index in [1.807, 2.05) is 6.92 Å². The molecule has 6 nitrogen and oxygen atoms in total. The number of hydrogen-bond acceptors (Lipinski definition) is 5. The van der Waals surface area contributed by atoms with Crippen molar-refractivity contribution in [1.29, 1.82) is 0 Å². The van der Waals surface area contributed by atoms with E-state index < -0.39 is 11.6 Å². The third-order valence-corrected chi connectivity index (χ3v) is 2.88. The molecule has 0 unspecified atom stereocenters. The third kappa shape index (κ3) is 2.27. The van der Waals surface area contributed by atoms with Crippen molar-refractivity contribution in [3.63, 3.8) is 0 Å². The molecule has 0 radical (unpaired) electrons. The lowest BCUT2D eigenvalue weighted by atomic mass is 10.1. The highest BCUT2D eigenvalue weighted by Gasteiger charge is 2.10. The lowest BCUT2D eigenvalue weighted by Crippen LogP contribution is -2.10. The molecular formula is C12H10F2N6. The summed E-state index contributed by atoms with van der Waals surface area (Å²) in [6.45, 7) is 1.82. The summed E-state index contributed by atoms with van der Waals surface area (Å²) in [7, 11) is 0. The first-order valence-corrected chi connectivity index (χ1v) is 5.90. The highest BCUT2D eigenvalue weighted by atomic mass is 19.2. The zero-order valence-corrected chi connectivity index (χ0v) is 10.5. The van der Waals surface area contributed by atoms with Gasteiger partial charge in [0.25, 0.3) is 0 Å². The number of anilines is 1. The first kappa shape index (κ1) is 12.4. The average Bonchev–Trinajstić information content (AvgIpc) is 2.89. The van der Waals surface area contributed by atoms with Crippen molar-refractivity contribution in [2.75, 3.05) is 5.32 Å². The summed E-state index contributed by atoms with van der Waals surface area (Å²) in [4.78, 5) is 0. The van der Waals surface area contributed by atoms with Gasteiger partial charge in [-0.15, -0.1) is 14.8 Å². The molecule has 1 aromatic carbocycles. The summed E-state index contributed by atoms with van der Waals surface area (Å²) in [5, 5.41) is 18.1. The molecule has 8 heteroatoms. The lowest BCUT2D eigenvalue weighted by molar-refractivity contribution is 0.506. The molecule has 0 aliphatic heterocycles. The van der Waals surface area contributed by atoms with Crippen LogP contribution in [-0.2, 0) is 0 Å². The zero-order chi connectivity index (χ0) is 14.1. The van der Waals surface area contributed by atoms with Crippen LogP contribution in [0.2, 0.25) is 0 Å². The van der Waals surface area contributed by atoms with Crippen LogP contribution in [0.3, 0.4) is 0 Å². The summed E-state index contributed by atoms with van der Waals surface area (Å²) in [5.74, 6) is -1.21. The van der Waals surface area contributed by atoms with E-state index in [9.17, 15) is 8.78 Å².